The minimum atomic E-state index is -3.35. The van der Waals surface area contributed by atoms with Crippen molar-refractivity contribution in [2.75, 3.05) is 43.4 Å². The Hall–Kier alpha value is -1.60. The zero-order valence-electron chi connectivity index (χ0n) is 19.2. The Labute approximate surface area is 188 Å². The number of nitrogens with one attached hydrogen (secondary N) is 1. The quantitative estimate of drug-likeness (QED) is 0.626. The third-order valence-electron chi connectivity index (χ3n) is 6.84. The Bertz CT molecular complexity index is 811. The molecule has 1 aliphatic heterocycles. The molecule has 1 aromatic carbocycles. The first-order valence-electron chi connectivity index (χ1n) is 12.0. The predicted octanol–water partition coefficient (Wildman–Crippen LogP) is 3.56. The van der Waals surface area contributed by atoms with Crippen LogP contribution in [0.25, 0.3) is 0 Å². The molecule has 7 heteroatoms. The highest BCUT2D eigenvalue weighted by molar-refractivity contribution is 7.89. The molecule has 6 nitrogen and oxygen atoms in total. The van der Waals surface area contributed by atoms with Gasteiger partial charge in [-0.15, -0.1) is 0 Å². The number of carbonyl (C=O) groups excluding carboxylic acids is 1. The summed E-state index contributed by atoms with van der Waals surface area (Å²) < 4.78 is 27.1. The molecule has 174 valence electrons. The van der Waals surface area contributed by atoms with E-state index >= 15 is 0 Å². The normalized spacial score (nSPS) is 23.0. The molecule has 2 fully saturated rings. The van der Waals surface area contributed by atoms with Crippen molar-refractivity contribution in [3.8, 4) is 0 Å². The molecule has 1 heterocycles. The van der Waals surface area contributed by atoms with Gasteiger partial charge in [0.05, 0.1) is 5.75 Å². The Balaban J connectivity index is 1.38. The van der Waals surface area contributed by atoms with Gasteiger partial charge in [0.25, 0.3) is 0 Å². The summed E-state index contributed by atoms with van der Waals surface area (Å²) in [7, 11) is -3.35. The van der Waals surface area contributed by atoms with Crippen LogP contribution in [-0.2, 0) is 14.8 Å². The molecule has 1 aromatic rings. The first-order valence-corrected chi connectivity index (χ1v) is 13.6. The van der Waals surface area contributed by atoms with Crippen molar-refractivity contribution in [2.45, 2.75) is 58.8 Å². The van der Waals surface area contributed by atoms with Crippen LogP contribution in [0.1, 0.15) is 57.4 Å². The number of hydrogen-bond donors (Lipinski definition) is 1. The summed E-state index contributed by atoms with van der Waals surface area (Å²) in [6.07, 6.45) is 7.92. The Morgan fingerprint density at radius 3 is 2.45 bits per heavy atom. The molecule has 3 rings (SSSR count). The lowest BCUT2D eigenvalue weighted by atomic mass is 9.79. The van der Waals surface area contributed by atoms with Gasteiger partial charge < -0.3 is 10.2 Å². The molecule has 0 radical (unpaired) electrons. The molecule has 1 amide bonds. The van der Waals surface area contributed by atoms with Crippen LogP contribution >= 0.6 is 0 Å². The molecule has 0 atom stereocenters. The van der Waals surface area contributed by atoms with E-state index in [1.807, 2.05) is 6.07 Å². The molecule has 1 saturated carbocycles. The Morgan fingerprint density at radius 2 is 1.81 bits per heavy atom. The molecule has 0 aromatic heterocycles. The summed E-state index contributed by atoms with van der Waals surface area (Å²) in [5.74, 6) is 0.837. The largest absolute Gasteiger partial charge is 0.369 e. The number of unbranched alkanes of at least 4 members (excludes halogenated alkanes) is 1. The number of sulfonamides is 1. The van der Waals surface area contributed by atoms with Gasteiger partial charge in [-0.05, 0) is 56.2 Å². The molecule has 0 spiro atoms. The van der Waals surface area contributed by atoms with Crippen LogP contribution in [0.3, 0.4) is 0 Å². The van der Waals surface area contributed by atoms with Crippen molar-refractivity contribution >= 4 is 21.6 Å². The molecule has 0 unspecified atom stereocenters. The number of nitrogens with zero attached hydrogens (tertiary/aromatic N) is 2. The summed E-state index contributed by atoms with van der Waals surface area (Å²) in [5.41, 5.74) is 2.35. The number of piperazine rings is 1. The maximum absolute atomic E-state index is 12.7. The Kier molecular flexibility index (Phi) is 8.78. The van der Waals surface area contributed by atoms with Crippen molar-refractivity contribution < 1.29 is 13.2 Å². The smallest absolute Gasteiger partial charge is 0.223 e. The maximum Gasteiger partial charge on any atom is 0.223 e. The van der Waals surface area contributed by atoms with Gasteiger partial charge in [-0.1, -0.05) is 38.3 Å². The number of anilines is 1. The molecule has 1 saturated heterocycles. The SMILES string of the molecule is CCCCC1CCC(C(=O)NCCS(=O)(=O)N2CCN(c3cccc(C)c3)CC2)CC1. The molecule has 2 aliphatic rings. The predicted molar refractivity (Wildman–Crippen MR) is 127 cm³/mol. The zero-order valence-corrected chi connectivity index (χ0v) is 20.0. The summed E-state index contributed by atoms with van der Waals surface area (Å²) in [5, 5.41) is 2.89. The van der Waals surface area contributed by atoms with Crippen LogP contribution in [0, 0.1) is 18.8 Å². The fraction of sp³-hybridized carbons (Fsp3) is 0.708. The van der Waals surface area contributed by atoms with Crippen LogP contribution in [0.2, 0.25) is 0 Å². The number of benzene rings is 1. The van der Waals surface area contributed by atoms with E-state index in [1.54, 1.807) is 4.31 Å². The van der Waals surface area contributed by atoms with Gasteiger partial charge in [0.1, 0.15) is 0 Å². The fourth-order valence-corrected chi connectivity index (χ4v) is 6.17. The van der Waals surface area contributed by atoms with Crippen molar-refractivity contribution in [1.29, 1.82) is 0 Å². The average molecular weight is 450 g/mol. The van der Waals surface area contributed by atoms with Gasteiger partial charge in [0, 0.05) is 44.3 Å². The first-order chi connectivity index (χ1) is 14.9. The lowest BCUT2D eigenvalue weighted by Gasteiger charge is -2.35. The molecular formula is C24H39N3O3S. The van der Waals surface area contributed by atoms with Gasteiger partial charge in [0.15, 0.2) is 0 Å². The van der Waals surface area contributed by atoms with E-state index in [0.717, 1.165) is 37.3 Å². The second-order valence-electron chi connectivity index (χ2n) is 9.19. The van der Waals surface area contributed by atoms with E-state index in [-0.39, 0.29) is 24.1 Å². The van der Waals surface area contributed by atoms with E-state index in [4.69, 9.17) is 0 Å². The van der Waals surface area contributed by atoms with Gasteiger partial charge in [-0.2, -0.15) is 4.31 Å². The van der Waals surface area contributed by atoms with Crippen molar-refractivity contribution in [3.63, 3.8) is 0 Å². The van der Waals surface area contributed by atoms with E-state index < -0.39 is 10.0 Å². The van der Waals surface area contributed by atoms with E-state index in [9.17, 15) is 13.2 Å². The molecule has 31 heavy (non-hydrogen) atoms. The van der Waals surface area contributed by atoms with E-state index in [0.29, 0.717) is 26.2 Å². The van der Waals surface area contributed by atoms with Gasteiger partial charge >= 0.3 is 0 Å². The van der Waals surface area contributed by atoms with Crippen molar-refractivity contribution in [1.82, 2.24) is 9.62 Å². The maximum atomic E-state index is 12.7. The third-order valence-corrected chi connectivity index (χ3v) is 8.71. The highest BCUT2D eigenvalue weighted by Gasteiger charge is 2.29. The zero-order chi connectivity index (χ0) is 22.3. The monoisotopic (exact) mass is 449 g/mol. The minimum absolute atomic E-state index is 0.0188. The minimum Gasteiger partial charge on any atom is -0.369 e. The average Bonchev–Trinajstić information content (AvgIpc) is 2.78. The molecule has 1 N–H and O–H groups in total. The standard InChI is InChI=1S/C24H39N3O3S/c1-3-4-7-21-9-11-22(12-10-21)24(28)25-13-18-31(29,30)27-16-14-26(15-17-27)23-8-5-6-20(2)19-23/h5-6,8,19,21-22H,3-4,7,9-18H2,1-2H3,(H,25,28). The van der Waals surface area contributed by atoms with Gasteiger partial charge in [0.2, 0.25) is 15.9 Å². The molecular weight excluding hydrogens is 410 g/mol. The van der Waals surface area contributed by atoms with Crippen LogP contribution in [0.5, 0.6) is 0 Å². The molecule has 1 aliphatic carbocycles. The van der Waals surface area contributed by atoms with E-state index in [2.05, 4.69) is 42.3 Å². The van der Waals surface area contributed by atoms with Gasteiger partial charge in [-0.25, -0.2) is 8.42 Å². The number of aryl methyl sites for hydroxylation is 1. The fourth-order valence-electron chi connectivity index (χ4n) is 4.83. The summed E-state index contributed by atoms with van der Waals surface area (Å²) in [4.78, 5) is 14.7. The van der Waals surface area contributed by atoms with E-state index in [1.165, 1.54) is 24.8 Å². The number of rotatable bonds is 9. The number of hydrogen-bond acceptors (Lipinski definition) is 4. The van der Waals surface area contributed by atoms with Gasteiger partial charge in [-0.3, -0.25) is 4.79 Å². The lowest BCUT2D eigenvalue weighted by molar-refractivity contribution is -0.126. The summed E-state index contributed by atoms with van der Waals surface area (Å²) >= 11 is 0. The third kappa shape index (κ3) is 6.94. The highest BCUT2D eigenvalue weighted by atomic mass is 32.2. The van der Waals surface area contributed by atoms with Crippen LogP contribution < -0.4 is 10.2 Å². The number of carbonyl (C=O) groups is 1. The topological polar surface area (TPSA) is 69.7 Å². The van der Waals surface area contributed by atoms with Crippen molar-refractivity contribution in [3.05, 3.63) is 29.8 Å². The lowest BCUT2D eigenvalue weighted by Crippen LogP contribution is -2.50. The van der Waals surface area contributed by atoms with Crippen molar-refractivity contribution in [2.24, 2.45) is 11.8 Å². The Morgan fingerprint density at radius 1 is 1.10 bits per heavy atom. The highest BCUT2D eigenvalue weighted by Crippen LogP contribution is 2.32. The van der Waals surface area contributed by atoms with Crippen LogP contribution in [0.15, 0.2) is 24.3 Å². The second kappa shape index (κ2) is 11.3. The van der Waals surface area contributed by atoms with Crippen LogP contribution in [-0.4, -0.2) is 57.1 Å². The summed E-state index contributed by atoms with van der Waals surface area (Å²) in [6, 6.07) is 8.31. The number of amides is 1. The summed E-state index contributed by atoms with van der Waals surface area (Å²) in [6.45, 7) is 6.85. The molecule has 0 bridgehead atoms. The first kappa shape index (κ1) is 24.1. The van der Waals surface area contributed by atoms with Crippen LogP contribution in [0.4, 0.5) is 5.69 Å². The second-order valence-corrected chi connectivity index (χ2v) is 11.3.